The monoisotopic (exact) mass is 493 g/mol. The van der Waals surface area contributed by atoms with E-state index in [2.05, 4.69) is 29.6 Å². The molecule has 1 fully saturated rings. The average molecular weight is 494 g/mol. The van der Waals surface area contributed by atoms with E-state index in [0.29, 0.717) is 18.0 Å². The molecule has 0 unspecified atom stereocenters. The first-order valence-corrected chi connectivity index (χ1v) is 13.3. The van der Waals surface area contributed by atoms with E-state index in [1.165, 1.54) is 38.5 Å². The first-order chi connectivity index (χ1) is 16.4. The molecule has 1 amide bonds. The lowest BCUT2D eigenvalue weighted by Gasteiger charge is -2.30. The minimum Gasteiger partial charge on any atom is -0.302 e. The normalized spacial score (nSPS) is 16.0. The summed E-state index contributed by atoms with van der Waals surface area (Å²) in [4.78, 5) is 18.8. The molecule has 172 valence electrons. The Labute approximate surface area is 200 Å². The first kappa shape index (κ1) is 21.4. The fourth-order valence-electron chi connectivity index (χ4n) is 4.79. The molecule has 4 aromatic rings. The molecule has 2 heterocycles. The molecule has 1 aromatic heterocycles. The molecule has 1 aliphatic heterocycles. The molecule has 1 aliphatic carbocycles. The predicted molar refractivity (Wildman–Crippen MR) is 131 cm³/mol. The van der Waals surface area contributed by atoms with Gasteiger partial charge in [0.2, 0.25) is 15.9 Å². The number of rotatable bonds is 4. The number of piperidine rings is 1. The third-order valence-electron chi connectivity index (χ3n) is 6.54. The van der Waals surface area contributed by atoms with E-state index in [1.807, 2.05) is 12.1 Å². The van der Waals surface area contributed by atoms with Crippen LogP contribution in [-0.4, -0.2) is 36.7 Å². The standard InChI is InChI=1S/C25H20FN3O3S2/c26-17-7-9-18(10-8-17)34(31,32)29-13-11-16(12-14-29)24(30)28-25-27-22-19-5-1-3-15-4-2-6-20(21(15)19)23(22)33-25/h1-10,16H,11-14H2,(H,27,28,30). The number of hydrogen-bond donors (Lipinski definition) is 1. The molecule has 0 radical (unpaired) electrons. The Hall–Kier alpha value is -3.14. The maximum Gasteiger partial charge on any atom is 0.243 e. The number of anilines is 1. The largest absolute Gasteiger partial charge is 0.302 e. The molecular weight excluding hydrogens is 473 g/mol. The third-order valence-corrected chi connectivity index (χ3v) is 9.45. The van der Waals surface area contributed by atoms with Crippen LogP contribution < -0.4 is 5.32 Å². The van der Waals surface area contributed by atoms with Crippen LogP contribution in [0.3, 0.4) is 0 Å². The van der Waals surface area contributed by atoms with E-state index in [4.69, 9.17) is 4.98 Å². The highest BCUT2D eigenvalue weighted by molar-refractivity contribution is 7.89. The quantitative estimate of drug-likeness (QED) is 0.377. The van der Waals surface area contributed by atoms with E-state index >= 15 is 0 Å². The van der Waals surface area contributed by atoms with Crippen LogP contribution in [0.15, 0.2) is 65.6 Å². The highest BCUT2D eigenvalue weighted by atomic mass is 32.2. The Morgan fingerprint density at radius 1 is 1.00 bits per heavy atom. The van der Waals surface area contributed by atoms with E-state index in [0.717, 1.165) is 33.8 Å². The van der Waals surface area contributed by atoms with Gasteiger partial charge in [0, 0.05) is 30.1 Å². The Bertz CT molecular complexity index is 1480. The number of nitrogens with zero attached hydrogens (tertiary/aromatic N) is 2. The summed E-state index contributed by atoms with van der Waals surface area (Å²) in [7, 11) is -3.71. The van der Waals surface area contributed by atoms with Crippen LogP contribution in [0.2, 0.25) is 0 Å². The second-order valence-corrected chi connectivity index (χ2v) is 11.5. The fraction of sp³-hybridized carbons (Fsp3) is 0.200. The van der Waals surface area contributed by atoms with E-state index in [9.17, 15) is 17.6 Å². The molecular formula is C25H20FN3O3S2. The number of hydrogen-bond acceptors (Lipinski definition) is 5. The second-order valence-electron chi connectivity index (χ2n) is 8.53. The van der Waals surface area contributed by atoms with Gasteiger partial charge in [-0.2, -0.15) is 4.31 Å². The van der Waals surface area contributed by atoms with Crippen molar-refractivity contribution in [1.29, 1.82) is 0 Å². The number of nitrogens with one attached hydrogen (secondary N) is 1. The molecule has 1 saturated heterocycles. The molecule has 34 heavy (non-hydrogen) atoms. The van der Waals surface area contributed by atoms with Crippen LogP contribution in [0, 0.1) is 11.7 Å². The molecule has 0 bridgehead atoms. The van der Waals surface area contributed by atoms with Gasteiger partial charge in [0.05, 0.1) is 15.5 Å². The van der Waals surface area contributed by atoms with Gasteiger partial charge in [-0.15, -0.1) is 0 Å². The number of carbonyl (C=O) groups excluding carboxylic acids is 1. The van der Waals surface area contributed by atoms with Crippen molar-refractivity contribution in [3.63, 3.8) is 0 Å². The number of carbonyl (C=O) groups is 1. The Kier molecular flexibility index (Phi) is 5.02. The van der Waals surface area contributed by atoms with Gasteiger partial charge in [0.15, 0.2) is 5.13 Å². The number of fused-ring (bicyclic) bond motifs is 3. The summed E-state index contributed by atoms with van der Waals surface area (Å²) in [5.41, 5.74) is 3.12. The number of sulfonamides is 1. The summed E-state index contributed by atoms with van der Waals surface area (Å²) in [6.07, 6.45) is 0.832. The van der Waals surface area contributed by atoms with Crippen molar-refractivity contribution in [1.82, 2.24) is 9.29 Å². The minimum atomic E-state index is -3.71. The molecule has 0 atom stereocenters. The Morgan fingerprint density at radius 2 is 1.68 bits per heavy atom. The van der Waals surface area contributed by atoms with Gasteiger partial charge in [0.1, 0.15) is 5.82 Å². The van der Waals surface area contributed by atoms with Crippen LogP contribution >= 0.6 is 11.3 Å². The van der Waals surface area contributed by atoms with Crippen molar-refractivity contribution in [2.75, 3.05) is 18.4 Å². The molecule has 0 saturated carbocycles. The lowest BCUT2D eigenvalue weighted by Crippen LogP contribution is -2.41. The van der Waals surface area contributed by atoms with Gasteiger partial charge in [-0.1, -0.05) is 47.7 Å². The fourth-order valence-corrected chi connectivity index (χ4v) is 7.27. The summed E-state index contributed by atoms with van der Waals surface area (Å²) in [5.74, 6) is -0.922. The van der Waals surface area contributed by atoms with E-state index in [1.54, 1.807) is 0 Å². The maximum atomic E-state index is 13.2. The van der Waals surface area contributed by atoms with Crippen molar-refractivity contribution in [2.24, 2.45) is 5.92 Å². The molecule has 0 spiro atoms. The van der Waals surface area contributed by atoms with Crippen LogP contribution in [0.25, 0.3) is 32.5 Å². The summed E-state index contributed by atoms with van der Waals surface area (Å²) < 4.78 is 40.2. The van der Waals surface area contributed by atoms with Gasteiger partial charge in [-0.3, -0.25) is 4.79 Å². The van der Waals surface area contributed by atoms with Crippen molar-refractivity contribution >= 4 is 43.2 Å². The van der Waals surface area contributed by atoms with Crippen molar-refractivity contribution in [3.05, 3.63) is 66.5 Å². The van der Waals surface area contributed by atoms with Gasteiger partial charge in [-0.05, 0) is 47.9 Å². The first-order valence-electron chi connectivity index (χ1n) is 11.0. The van der Waals surface area contributed by atoms with Gasteiger partial charge < -0.3 is 5.32 Å². The van der Waals surface area contributed by atoms with Gasteiger partial charge in [-0.25, -0.2) is 17.8 Å². The topological polar surface area (TPSA) is 79.4 Å². The van der Waals surface area contributed by atoms with Gasteiger partial charge in [0.25, 0.3) is 0 Å². The summed E-state index contributed by atoms with van der Waals surface area (Å²) in [5, 5.41) is 5.89. The number of benzene rings is 3. The maximum absolute atomic E-state index is 13.2. The third kappa shape index (κ3) is 3.43. The molecule has 6 rings (SSSR count). The Balaban J connectivity index is 1.15. The zero-order valence-electron chi connectivity index (χ0n) is 18.0. The average Bonchev–Trinajstić information content (AvgIpc) is 3.39. The SMILES string of the molecule is O=C(Nc1nc2c(s1)-c1cccc3cccc-2c13)C1CCN(S(=O)(=O)c2ccc(F)cc2)CC1. The zero-order chi connectivity index (χ0) is 23.4. The summed E-state index contributed by atoms with van der Waals surface area (Å²) in [6.45, 7) is 0.475. The summed E-state index contributed by atoms with van der Waals surface area (Å²) >= 11 is 1.47. The minimum absolute atomic E-state index is 0.0596. The highest BCUT2D eigenvalue weighted by Gasteiger charge is 2.33. The predicted octanol–water partition coefficient (Wildman–Crippen LogP) is 5.12. The number of aromatic nitrogens is 1. The number of halogens is 1. The number of thiazole rings is 1. The molecule has 9 heteroatoms. The molecule has 3 aromatic carbocycles. The van der Waals surface area contributed by atoms with Crippen LogP contribution in [-0.2, 0) is 14.8 Å². The number of amides is 1. The second kappa shape index (κ2) is 7.97. The molecule has 6 nitrogen and oxygen atoms in total. The lowest BCUT2D eigenvalue weighted by molar-refractivity contribution is -0.120. The van der Waals surface area contributed by atoms with Crippen LogP contribution in [0.5, 0.6) is 0 Å². The highest BCUT2D eigenvalue weighted by Crippen LogP contribution is 2.50. The van der Waals surface area contributed by atoms with Crippen molar-refractivity contribution in [3.8, 4) is 21.7 Å². The lowest BCUT2D eigenvalue weighted by atomic mass is 9.97. The summed E-state index contributed by atoms with van der Waals surface area (Å²) in [6, 6.07) is 17.2. The molecule has 2 aliphatic rings. The van der Waals surface area contributed by atoms with Gasteiger partial charge >= 0.3 is 0 Å². The van der Waals surface area contributed by atoms with Crippen molar-refractivity contribution in [2.45, 2.75) is 17.7 Å². The van der Waals surface area contributed by atoms with E-state index in [-0.39, 0.29) is 29.8 Å². The zero-order valence-corrected chi connectivity index (χ0v) is 19.6. The smallest absolute Gasteiger partial charge is 0.243 e. The van der Waals surface area contributed by atoms with Crippen LogP contribution in [0.1, 0.15) is 12.8 Å². The van der Waals surface area contributed by atoms with Crippen molar-refractivity contribution < 1.29 is 17.6 Å². The van der Waals surface area contributed by atoms with E-state index < -0.39 is 15.8 Å². The van der Waals surface area contributed by atoms with Crippen LogP contribution in [0.4, 0.5) is 9.52 Å². The molecule has 1 N–H and O–H groups in total. The Morgan fingerprint density at radius 3 is 2.38 bits per heavy atom.